The molecule has 3 heteroatoms. The van der Waals surface area contributed by atoms with Gasteiger partial charge in [0.05, 0.1) is 0 Å². The Balaban J connectivity index is 4.36. The van der Waals surface area contributed by atoms with E-state index in [1.54, 1.807) is 0 Å². The molecule has 0 bridgehead atoms. The van der Waals surface area contributed by atoms with Crippen LogP contribution in [0.2, 0.25) is 0 Å². The molecule has 1 N–H and O–H groups in total. The van der Waals surface area contributed by atoms with Crippen LogP contribution in [-0.4, -0.2) is 35.1 Å². The zero-order valence-corrected chi connectivity index (χ0v) is 9.24. The minimum Gasteiger partial charge on any atom is -0.480 e. The summed E-state index contributed by atoms with van der Waals surface area (Å²) in [5.41, 5.74) is 0. The summed E-state index contributed by atoms with van der Waals surface area (Å²) >= 11 is 0. The zero-order chi connectivity index (χ0) is 10.6. The minimum absolute atomic E-state index is 0.307. The van der Waals surface area contributed by atoms with Gasteiger partial charge < -0.3 is 5.11 Å². The molecule has 0 aliphatic carbocycles. The fourth-order valence-electron chi connectivity index (χ4n) is 1.39. The van der Waals surface area contributed by atoms with Gasteiger partial charge >= 0.3 is 5.97 Å². The highest BCUT2D eigenvalue weighted by Crippen LogP contribution is 2.13. The Kier molecular flexibility index (Phi) is 4.99. The van der Waals surface area contributed by atoms with E-state index in [-0.39, 0.29) is 6.04 Å². The van der Waals surface area contributed by atoms with Gasteiger partial charge in [-0.05, 0) is 26.3 Å². The van der Waals surface area contributed by atoms with Crippen LogP contribution in [0.15, 0.2) is 0 Å². The summed E-state index contributed by atoms with van der Waals surface area (Å²) in [5, 5.41) is 8.93. The number of likely N-dealkylation sites (N-methyl/N-ethyl adjacent to an activating group) is 1. The molecule has 3 nitrogen and oxygen atoms in total. The molecule has 0 amide bonds. The Hall–Kier alpha value is -0.570. The minimum atomic E-state index is -0.725. The summed E-state index contributed by atoms with van der Waals surface area (Å²) in [6, 6.07) is -0.0431. The molecule has 13 heavy (non-hydrogen) atoms. The molecule has 0 spiro atoms. The van der Waals surface area contributed by atoms with Crippen molar-refractivity contribution in [1.82, 2.24) is 4.90 Å². The Morgan fingerprint density at radius 1 is 1.38 bits per heavy atom. The Bertz CT molecular complexity index is 168. The lowest BCUT2D eigenvalue weighted by molar-refractivity contribution is -0.144. The van der Waals surface area contributed by atoms with Crippen molar-refractivity contribution < 1.29 is 9.90 Å². The number of rotatable bonds is 5. The second kappa shape index (κ2) is 5.22. The van der Waals surface area contributed by atoms with E-state index < -0.39 is 5.97 Å². The van der Waals surface area contributed by atoms with Gasteiger partial charge in [0.25, 0.3) is 0 Å². The molecule has 0 aromatic carbocycles. The highest BCUT2D eigenvalue weighted by Gasteiger charge is 2.25. The van der Waals surface area contributed by atoms with Crippen LogP contribution in [0.1, 0.15) is 34.1 Å². The van der Waals surface area contributed by atoms with Crippen molar-refractivity contribution in [2.45, 2.75) is 46.2 Å². The smallest absolute Gasteiger partial charge is 0.320 e. The van der Waals surface area contributed by atoms with Gasteiger partial charge in [0.15, 0.2) is 0 Å². The average molecular weight is 187 g/mol. The maximum absolute atomic E-state index is 10.9. The molecule has 0 saturated carbocycles. The summed E-state index contributed by atoms with van der Waals surface area (Å²) in [6.45, 7) is 8.18. The summed E-state index contributed by atoms with van der Waals surface area (Å²) < 4.78 is 0. The fraction of sp³-hybridized carbons (Fsp3) is 0.900. The quantitative estimate of drug-likeness (QED) is 0.713. The van der Waals surface area contributed by atoms with Gasteiger partial charge in [-0.3, -0.25) is 9.69 Å². The maximum atomic E-state index is 10.9. The highest BCUT2D eigenvalue weighted by molar-refractivity contribution is 5.73. The van der Waals surface area contributed by atoms with Crippen molar-refractivity contribution in [3.63, 3.8) is 0 Å². The van der Waals surface area contributed by atoms with Crippen LogP contribution in [0.5, 0.6) is 0 Å². The van der Waals surface area contributed by atoms with E-state index in [1.807, 2.05) is 18.9 Å². The van der Waals surface area contributed by atoms with E-state index in [1.165, 1.54) is 0 Å². The van der Waals surface area contributed by atoms with E-state index in [4.69, 9.17) is 5.11 Å². The van der Waals surface area contributed by atoms with Crippen LogP contribution in [0.4, 0.5) is 0 Å². The lowest BCUT2D eigenvalue weighted by Crippen LogP contribution is -2.45. The maximum Gasteiger partial charge on any atom is 0.320 e. The molecule has 0 radical (unpaired) electrons. The van der Waals surface area contributed by atoms with Gasteiger partial charge in [0, 0.05) is 6.04 Å². The van der Waals surface area contributed by atoms with Gasteiger partial charge in [-0.1, -0.05) is 20.8 Å². The molecule has 0 aliphatic rings. The van der Waals surface area contributed by atoms with Crippen molar-refractivity contribution >= 4 is 5.97 Å². The SMILES string of the molecule is CCC(C(=O)O)N(C)C(C)C(C)C. The third-order valence-electron chi connectivity index (χ3n) is 2.77. The standard InChI is InChI=1S/C10H21NO2/c1-6-9(10(12)13)11(5)8(4)7(2)3/h7-9H,6H2,1-5H3,(H,12,13). The van der Waals surface area contributed by atoms with E-state index in [0.717, 1.165) is 0 Å². The molecule has 0 aromatic rings. The van der Waals surface area contributed by atoms with E-state index in [2.05, 4.69) is 20.8 Å². The van der Waals surface area contributed by atoms with Crippen LogP contribution < -0.4 is 0 Å². The highest BCUT2D eigenvalue weighted by atomic mass is 16.4. The predicted molar refractivity (Wildman–Crippen MR) is 53.8 cm³/mol. The topological polar surface area (TPSA) is 40.5 Å². The number of nitrogens with zero attached hydrogens (tertiary/aromatic N) is 1. The molecule has 0 rings (SSSR count). The first-order valence-corrected chi connectivity index (χ1v) is 4.86. The van der Waals surface area contributed by atoms with Crippen LogP contribution in [0, 0.1) is 5.92 Å². The zero-order valence-electron chi connectivity index (χ0n) is 9.24. The van der Waals surface area contributed by atoms with Crippen LogP contribution in [-0.2, 0) is 4.79 Å². The van der Waals surface area contributed by atoms with Crippen LogP contribution in [0.3, 0.4) is 0 Å². The van der Waals surface area contributed by atoms with Crippen molar-refractivity contribution in [3.05, 3.63) is 0 Å². The molecule has 78 valence electrons. The Labute approximate surface area is 80.7 Å². The summed E-state index contributed by atoms with van der Waals surface area (Å²) in [4.78, 5) is 12.8. The predicted octanol–water partition coefficient (Wildman–Crippen LogP) is 1.83. The number of carboxylic acids is 1. The van der Waals surface area contributed by atoms with Crippen LogP contribution >= 0.6 is 0 Å². The molecule has 0 heterocycles. The Morgan fingerprint density at radius 2 is 1.85 bits per heavy atom. The first-order valence-electron chi connectivity index (χ1n) is 4.86. The molecule has 0 saturated heterocycles. The second-order valence-electron chi connectivity index (χ2n) is 3.91. The molecule has 0 aromatic heterocycles. The number of hydrogen-bond donors (Lipinski definition) is 1. The lowest BCUT2D eigenvalue weighted by atomic mass is 10.0. The number of carboxylic acid groups (broad SMARTS) is 1. The number of carbonyl (C=O) groups is 1. The second-order valence-corrected chi connectivity index (χ2v) is 3.91. The van der Waals surface area contributed by atoms with Crippen LogP contribution in [0.25, 0.3) is 0 Å². The van der Waals surface area contributed by atoms with Gasteiger partial charge in [-0.15, -0.1) is 0 Å². The van der Waals surface area contributed by atoms with E-state index in [0.29, 0.717) is 18.4 Å². The third-order valence-corrected chi connectivity index (χ3v) is 2.77. The normalized spacial score (nSPS) is 16.2. The first kappa shape index (κ1) is 12.4. The molecule has 0 aliphatic heterocycles. The van der Waals surface area contributed by atoms with Gasteiger partial charge in [0.2, 0.25) is 0 Å². The van der Waals surface area contributed by atoms with Crippen molar-refractivity contribution in [2.24, 2.45) is 5.92 Å². The van der Waals surface area contributed by atoms with Crippen molar-refractivity contribution in [1.29, 1.82) is 0 Å². The van der Waals surface area contributed by atoms with E-state index >= 15 is 0 Å². The lowest BCUT2D eigenvalue weighted by Gasteiger charge is -2.32. The van der Waals surface area contributed by atoms with Gasteiger partial charge in [0.1, 0.15) is 6.04 Å². The van der Waals surface area contributed by atoms with Gasteiger partial charge in [-0.2, -0.15) is 0 Å². The fourth-order valence-corrected chi connectivity index (χ4v) is 1.39. The number of aliphatic carboxylic acids is 1. The molecular weight excluding hydrogens is 166 g/mol. The summed E-state index contributed by atoms with van der Waals surface area (Å²) in [5.74, 6) is -0.240. The van der Waals surface area contributed by atoms with Crippen molar-refractivity contribution in [2.75, 3.05) is 7.05 Å². The third kappa shape index (κ3) is 3.35. The van der Waals surface area contributed by atoms with E-state index in [9.17, 15) is 4.79 Å². The first-order chi connectivity index (χ1) is 5.91. The average Bonchev–Trinajstić information content (AvgIpc) is 2.03. The Morgan fingerprint density at radius 3 is 2.08 bits per heavy atom. The van der Waals surface area contributed by atoms with Gasteiger partial charge in [-0.25, -0.2) is 0 Å². The molecule has 2 atom stereocenters. The molecule has 0 fully saturated rings. The molecule has 2 unspecified atom stereocenters. The monoisotopic (exact) mass is 187 g/mol. The summed E-state index contributed by atoms with van der Waals surface area (Å²) in [6.07, 6.45) is 0.656. The number of hydrogen-bond acceptors (Lipinski definition) is 2. The largest absolute Gasteiger partial charge is 0.480 e. The molecular formula is C10H21NO2. The summed E-state index contributed by atoms with van der Waals surface area (Å²) in [7, 11) is 1.88. The van der Waals surface area contributed by atoms with Crippen molar-refractivity contribution in [3.8, 4) is 0 Å².